The molecule has 4 rings (SSSR count). The molecule has 6 heteroatoms. The molecule has 1 saturated carbocycles. The van der Waals surface area contributed by atoms with Gasteiger partial charge in [-0.25, -0.2) is 9.80 Å². The summed E-state index contributed by atoms with van der Waals surface area (Å²) in [5, 5.41) is 6.89. The van der Waals surface area contributed by atoms with E-state index in [1.165, 1.54) is 0 Å². The zero-order chi connectivity index (χ0) is 17.3. The molecule has 25 heavy (non-hydrogen) atoms. The van der Waals surface area contributed by atoms with Crippen LogP contribution in [0.2, 0.25) is 0 Å². The fourth-order valence-corrected chi connectivity index (χ4v) is 4.55. The van der Waals surface area contributed by atoms with E-state index in [1.54, 1.807) is 0 Å². The third kappa shape index (κ3) is 2.64. The van der Waals surface area contributed by atoms with Crippen LogP contribution in [-0.4, -0.2) is 55.2 Å². The summed E-state index contributed by atoms with van der Waals surface area (Å²) >= 11 is 0. The lowest BCUT2D eigenvalue weighted by molar-refractivity contribution is -0.135. The molecule has 1 aliphatic carbocycles. The van der Waals surface area contributed by atoms with Crippen LogP contribution in [0, 0.1) is 5.92 Å². The Morgan fingerprint density at radius 2 is 2.08 bits per heavy atom. The van der Waals surface area contributed by atoms with Crippen molar-refractivity contribution in [3.05, 3.63) is 30.3 Å². The maximum absolute atomic E-state index is 12.6. The van der Waals surface area contributed by atoms with E-state index in [1.807, 2.05) is 25.1 Å². The number of nitrogens with zero attached hydrogens (tertiary/aromatic N) is 3. The number of carbonyl (C=O) groups is 1. The van der Waals surface area contributed by atoms with Gasteiger partial charge in [0, 0.05) is 19.0 Å². The smallest absolute Gasteiger partial charge is 0.354 e. The standard InChI is InChI=1S/C19H25N3O3/c1-2-25-18(23)17-16-9-6-10-19(16,21-11-13-24-14-12-21)22(20-17)15-7-4-3-5-8-15/h3-5,7-8,16H,2,6,9-14H2,1H3/t16-,19+/m1/s1. The Morgan fingerprint density at radius 3 is 2.80 bits per heavy atom. The van der Waals surface area contributed by atoms with Gasteiger partial charge in [-0.1, -0.05) is 18.2 Å². The first-order chi connectivity index (χ1) is 12.3. The summed E-state index contributed by atoms with van der Waals surface area (Å²) in [6, 6.07) is 10.2. The minimum Gasteiger partial charge on any atom is -0.461 e. The molecule has 0 N–H and O–H groups in total. The molecule has 0 aromatic heterocycles. The van der Waals surface area contributed by atoms with Crippen molar-refractivity contribution in [3.63, 3.8) is 0 Å². The molecule has 2 aliphatic heterocycles. The van der Waals surface area contributed by atoms with Crippen LogP contribution in [0.1, 0.15) is 26.2 Å². The molecule has 1 saturated heterocycles. The minimum absolute atomic E-state index is 0.0878. The maximum Gasteiger partial charge on any atom is 0.354 e. The first-order valence-corrected chi connectivity index (χ1v) is 9.21. The Bertz CT molecular complexity index is 657. The fraction of sp³-hybridized carbons (Fsp3) is 0.579. The van der Waals surface area contributed by atoms with Gasteiger partial charge in [0.25, 0.3) is 0 Å². The number of hydrazone groups is 1. The Kier molecular flexibility index (Phi) is 4.48. The normalized spacial score (nSPS) is 29.4. The maximum atomic E-state index is 12.6. The first-order valence-electron chi connectivity index (χ1n) is 9.21. The number of anilines is 1. The van der Waals surface area contributed by atoms with Crippen LogP contribution in [0.4, 0.5) is 5.69 Å². The van der Waals surface area contributed by atoms with Gasteiger partial charge in [-0.3, -0.25) is 4.90 Å². The number of benzene rings is 1. The number of esters is 1. The lowest BCUT2D eigenvalue weighted by Gasteiger charge is -2.48. The average Bonchev–Trinajstić information content (AvgIpc) is 3.22. The second kappa shape index (κ2) is 6.77. The Balaban J connectivity index is 1.77. The number of fused-ring (bicyclic) bond motifs is 1. The van der Waals surface area contributed by atoms with Crippen molar-refractivity contribution in [3.8, 4) is 0 Å². The Labute approximate surface area is 148 Å². The van der Waals surface area contributed by atoms with Crippen LogP contribution >= 0.6 is 0 Å². The summed E-state index contributed by atoms with van der Waals surface area (Å²) in [4.78, 5) is 15.0. The van der Waals surface area contributed by atoms with Crippen molar-refractivity contribution in [1.82, 2.24) is 4.90 Å². The molecule has 2 heterocycles. The molecule has 0 spiro atoms. The molecule has 2 atom stereocenters. The van der Waals surface area contributed by atoms with Crippen LogP contribution in [0.5, 0.6) is 0 Å². The van der Waals surface area contributed by atoms with E-state index in [-0.39, 0.29) is 17.6 Å². The first kappa shape index (κ1) is 16.5. The molecule has 1 aromatic rings. The summed E-state index contributed by atoms with van der Waals surface area (Å²) in [6.07, 6.45) is 3.06. The third-order valence-corrected chi connectivity index (χ3v) is 5.54. The van der Waals surface area contributed by atoms with Crippen molar-refractivity contribution in [2.75, 3.05) is 37.9 Å². The predicted octanol–water partition coefficient (Wildman–Crippen LogP) is 2.25. The van der Waals surface area contributed by atoms with Crippen LogP contribution in [0.25, 0.3) is 0 Å². The molecule has 0 unspecified atom stereocenters. The highest BCUT2D eigenvalue weighted by molar-refractivity contribution is 6.38. The van der Waals surface area contributed by atoms with Gasteiger partial charge < -0.3 is 9.47 Å². The highest BCUT2D eigenvalue weighted by atomic mass is 16.5. The van der Waals surface area contributed by atoms with Gasteiger partial charge in [0.2, 0.25) is 0 Å². The fourth-order valence-electron chi connectivity index (χ4n) is 4.55. The van der Waals surface area contributed by atoms with Crippen molar-refractivity contribution >= 4 is 17.4 Å². The van der Waals surface area contributed by atoms with Gasteiger partial charge in [0.05, 0.1) is 25.5 Å². The largest absolute Gasteiger partial charge is 0.461 e. The van der Waals surface area contributed by atoms with Gasteiger partial charge in [-0.2, -0.15) is 5.10 Å². The van der Waals surface area contributed by atoms with E-state index in [2.05, 4.69) is 22.0 Å². The van der Waals surface area contributed by atoms with E-state index in [0.717, 1.165) is 51.3 Å². The molecule has 0 amide bonds. The molecular weight excluding hydrogens is 318 g/mol. The van der Waals surface area contributed by atoms with Crippen LogP contribution in [0.3, 0.4) is 0 Å². The highest BCUT2D eigenvalue weighted by Crippen LogP contribution is 2.50. The monoisotopic (exact) mass is 343 g/mol. The molecule has 0 radical (unpaired) electrons. The molecule has 134 valence electrons. The molecule has 2 fully saturated rings. The summed E-state index contributed by atoms with van der Waals surface area (Å²) in [5.41, 5.74) is 1.34. The zero-order valence-electron chi connectivity index (χ0n) is 14.7. The number of hydrogen-bond acceptors (Lipinski definition) is 6. The van der Waals surface area contributed by atoms with Crippen LogP contribution < -0.4 is 5.01 Å². The molecule has 3 aliphatic rings. The molecular formula is C19H25N3O3. The van der Waals surface area contributed by atoms with E-state index in [4.69, 9.17) is 14.6 Å². The van der Waals surface area contributed by atoms with Crippen molar-refractivity contribution in [1.29, 1.82) is 0 Å². The van der Waals surface area contributed by atoms with E-state index < -0.39 is 0 Å². The SMILES string of the molecule is CCOC(=O)C1=NN(c2ccccc2)[C@@]2(N3CCOCC3)CCC[C@H]12. The number of rotatable bonds is 4. The lowest BCUT2D eigenvalue weighted by atomic mass is 9.89. The number of morpholine rings is 1. The van der Waals surface area contributed by atoms with Gasteiger partial charge >= 0.3 is 5.97 Å². The molecule has 0 bridgehead atoms. The summed E-state index contributed by atoms with van der Waals surface area (Å²) in [5.74, 6) is -0.185. The quantitative estimate of drug-likeness (QED) is 0.785. The van der Waals surface area contributed by atoms with Crippen LogP contribution in [0.15, 0.2) is 35.4 Å². The number of para-hydroxylation sites is 1. The van der Waals surface area contributed by atoms with Gasteiger partial charge in [0.15, 0.2) is 5.71 Å². The van der Waals surface area contributed by atoms with E-state index >= 15 is 0 Å². The number of ether oxygens (including phenoxy) is 2. The van der Waals surface area contributed by atoms with Crippen molar-refractivity contribution in [2.24, 2.45) is 11.0 Å². The summed E-state index contributed by atoms with van der Waals surface area (Å²) in [6.45, 7) is 5.40. The van der Waals surface area contributed by atoms with Gasteiger partial charge in [-0.05, 0) is 38.3 Å². The van der Waals surface area contributed by atoms with E-state index in [9.17, 15) is 4.79 Å². The topological polar surface area (TPSA) is 54.4 Å². The molecule has 6 nitrogen and oxygen atoms in total. The Morgan fingerprint density at radius 1 is 1.32 bits per heavy atom. The summed E-state index contributed by atoms with van der Waals surface area (Å²) in [7, 11) is 0. The van der Waals surface area contributed by atoms with Crippen molar-refractivity contribution in [2.45, 2.75) is 31.8 Å². The van der Waals surface area contributed by atoms with Gasteiger partial charge in [0.1, 0.15) is 5.66 Å². The van der Waals surface area contributed by atoms with Gasteiger partial charge in [-0.15, -0.1) is 0 Å². The zero-order valence-corrected chi connectivity index (χ0v) is 14.7. The highest BCUT2D eigenvalue weighted by Gasteiger charge is 2.59. The Hall–Kier alpha value is -1.92. The third-order valence-electron chi connectivity index (χ3n) is 5.54. The van der Waals surface area contributed by atoms with E-state index in [0.29, 0.717) is 12.3 Å². The minimum atomic E-state index is -0.273. The van der Waals surface area contributed by atoms with Crippen LogP contribution in [-0.2, 0) is 14.3 Å². The second-order valence-electron chi connectivity index (χ2n) is 6.78. The number of carbonyl (C=O) groups excluding carboxylic acids is 1. The molecule has 1 aromatic carbocycles. The lowest BCUT2D eigenvalue weighted by Crippen LogP contribution is -2.62. The van der Waals surface area contributed by atoms with Crippen molar-refractivity contribution < 1.29 is 14.3 Å². The second-order valence-corrected chi connectivity index (χ2v) is 6.78. The average molecular weight is 343 g/mol. The summed E-state index contributed by atoms with van der Waals surface area (Å²) < 4.78 is 10.9. The predicted molar refractivity (Wildman–Crippen MR) is 95.5 cm³/mol. The number of hydrogen-bond donors (Lipinski definition) is 0.